The summed E-state index contributed by atoms with van der Waals surface area (Å²) in [5, 5.41) is 3.25. The standard InChI is InChI=1S/C24H30ClN5O4/c1-24(2,3)34-23(33)28(4)12-8-7-11-21(31)29-13-14-30-19(15-26-20(30)16-29)22(32)27-18-10-6-5-9-17(18)25/h5-7,9-11,15H,8,12-14,16H2,1-4H3,(H,27,32)/b11-7+. The summed E-state index contributed by atoms with van der Waals surface area (Å²) in [6.45, 7) is 7.10. The highest BCUT2D eigenvalue weighted by Crippen LogP contribution is 2.22. The maximum atomic E-state index is 12.7. The van der Waals surface area contributed by atoms with Gasteiger partial charge in [-0.05, 0) is 45.4 Å². The topological polar surface area (TPSA) is 96.8 Å². The normalized spacial score (nSPS) is 13.5. The van der Waals surface area contributed by atoms with Gasteiger partial charge in [-0.25, -0.2) is 9.78 Å². The van der Waals surface area contributed by atoms with Crippen molar-refractivity contribution in [1.29, 1.82) is 0 Å². The summed E-state index contributed by atoms with van der Waals surface area (Å²) in [5.74, 6) is 0.193. The van der Waals surface area contributed by atoms with Crippen molar-refractivity contribution < 1.29 is 19.1 Å². The predicted molar refractivity (Wildman–Crippen MR) is 130 cm³/mol. The molecule has 0 bridgehead atoms. The van der Waals surface area contributed by atoms with Crippen LogP contribution < -0.4 is 5.32 Å². The molecular formula is C24H30ClN5O4. The van der Waals surface area contributed by atoms with Gasteiger partial charge in [-0.1, -0.05) is 29.8 Å². The van der Waals surface area contributed by atoms with Gasteiger partial charge in [-0.2, -0.15) is 0 Å². The van der Waals surface area contributed by atoms with E-state index in [-0.39, 0.29) is 11.8 Å². The fourth-order valence-corrected chi connectivity index (χ4v) is 3.55. The summed E-state index contributed by atoms with van der Waals surface area (Å²) in [5.41, 5.74) is 0.397. The number of ether oxygens (including phenoxy) is 1. The Morgan fingerprint density at radius 3 is 2.68 bits per heavy atom. The highest BCUT2D eigenvalue weighted by atomic mass is 35.5. The lowest BCUT2D eigenvalue weighted by Gasteiger charge is -2.27. The molecule has 1 aliphatic rings. The molecular weight excluding hydrogens is 458 g/mol. The van der Waals surface area contributed by atoms with Gasteiger partial charge in [-0.15, -0.1) is 0 Å². The van der Waals surface area contributed by atoms with E-state index in [1.807, 2.05) is 25.3 Å². The van der Waals surface area contributed by atoms with Gasteiger partial charge < -0.3 is 24.4 Å². The van der Waals surface area contributed by atoms with E-state index in [2.05, 4.69) is 10.3 Å². The molecule has 34 heavy (non-hydrogen) atoms. The van der Waals surface area contributed by atoms with Crippen LogP contribution in [0.15, 0.2) is 42.6 Å². The van der Waals surface area contributed by atoms with Crippen LogP contribution in [0.1, 0.15) is 43.5 Å². The molecule has 1 aromatic heterocycles. The summed E-state index contributed by atoms with van der Waals surface area (Å²) in [4.78, 5) is 44.8. The van der Waals surface area contributed by atoms with E-state index >= 15 is 0 Å². The van der Waals surface area contributed by atoms with Crippen molar-refractivity contribution in [3.05, 3.63) is 59.2 Å². The number of aromatic nitrogens is 2. The second kappa shape index (κ2) is 10.7. The van der Waals surface area contributed by atoms with Gasteiger partial charge in [-0.3, -0.25) is 9.59 Å². The molecule has 0 aliphatic carbocycles. The van der Waals surface area contributed by atoms with Crippen molar-refractivity contribution in [1.82, 2.24) is 19.4 Å². The van der Waals surface area contributed by atoms with E-state index in [1.54, 1.807) is 42.3 Å². The Bertz CT molecular complexity index is 1090. The molecule has 0 saturated carbocycles. The molecule has 2 heterocycles. The first-order valence-corrected chi connectivity index (χ1v) is 11.4. The first kappa shape index (κ1) is 25.3. The molecule has 1 aliphatic heterocycles. The van der Waals surface area contributed by atoms with Crippen LogP contribution in [0.2, 0.25) is 5.02 Å². The number of halogens is 1. The van der Waals surface area contributed by atoms with Crippen molar-refractivity contribution in [2.75, 3.05) is 25.5 Å². The van der Waals surface area contributed by atoms with Crippen LogP contribution in [0.4, 0.5) is 10.5 Å². The number of hydrogen-bond acceptors (Lipinski definition) is 5. The van der Waals surface area contributed by atoms with E-state index < -0.39 is 11.7 Å². The average Bonchev–Trinajstić information content (AvgIpc) is 3.20. The molecule has 182 valence electrons. The first-order valence-electron chi connectivity index (χ1n) is 11.0. The fourth-order valence-electron chi connectivity index (χ4n) is 3.37. The number of carbonyl (C=O) groups is 3. The Balaban J connectivity index is 1.52. The summed E-state index contributed by atoms with van der Waals surface area (Å²) in [7, 11) is 1.66. The van der Waals surface area contributed by atoms with E-state index in [9.17, 15) is 14.4 Å². The van der Waals surface area contributed by atoms with Crippen LogP contribution in [0, 0.1) is 0 Å². The lowest BCUT2D eigenvalue weighted by Crippen LogP contribution is -2.38. The molecule has 0 fully saturated rings. The van der Waals surface area contributed by atoms with Crippen LogP contribution in [0.25, 0.3) is 0 Å². The molecule has 3 rings (SSSR count). The molecule has 0 unspecified atom stereocenters. The molecule has 2 aromatic rings. The molecule has 1 N–H and O–H groups in total. The largest absolute Gasteiger partial charge is 0.444 e. The number of hydrogen-bond donors (Lipinski definition) is 1. The number of carbonyl (C=O) groups excluding carboxylic acids is 3. The minimum Gasteiger partial charge on any atom is -0.444 e. The Morgan fingerprint density at radius 1 is 1.24 bits per heavy atom. The number of nitrogens with one attached hydrogen (secondary N) is 1. The lowest BCUT2D eigenvalue weighted by molar-refractivity contribution is -0.127. The monoisotopic (exact) mass is 487 g/mol. The summed E-state index contributed by atoms with van der Waals surface area (Å²) >= 11 is 6.12. The van der Waals surface area contributed by atoms with Gasteiger partial charge in [0.15, 0.2) is 0 Å². The zero-order valence-electron chi connectivity index (χ0n) is 19.9. The van der Waals surface area contributed by atoms with E-state index in [4.69, 9.17) is 16.3 Å². The average molecular weight is 488 g/mol. The molecule has 0 atom stereocenters. The summed E-state index contributed by atoms with van der Waals surface area (Å²) < 4.78 is 7.12. The number of rotatable bonds is 6. The van der Waals surface area contributed by atoms with Crippen LogP contribution in [0.5, 0.6) is 0 Å². The van der Waals surface area contributed by atoms with E-state index in [0.717, 1.165) is 0 Å². The molecule has 9 nitrogen and oxygen atoms in total. The van der Waals surface area contributed by atoms with Gasteiger partial charge in [0.2, 0.25) is 5.91 Å². The molecule has 0 saturated heterocycles. The third-order valence-electron chi connectivity index (χ3n) is 5.13. The quantitative estimate of drug-likeness (QED) is 0.622. The highest BCUT2D eigenvalue weighted by Gasteiger charge is 2.25. The van der Waals surface area contributed by atoms with Gasteiger partial charge in [0.1, 0.15) is 17.1 Å². The van der Waals surface area contributed by atoms with Crippen LogP contribution in [-0.2, 0) is 22.6 Å². The highest BCUT2D eigenvalue weighted by molar-refractivity contribution is 6.33. The molecule has 10 heteroatoms. The van der Waals surface area contributed by atoms with Crippen molar-refractivity contribution in [3.8, 4) is 0 Å². The van der Waals surface area contributed by atoms with Gasteiger partial charge in [0.05, 0.1) is 23.5 Å². The number of benzene rings is 1. The van der Waals surface area contributed by atoms with Crippen molar-refractivity contribution in [2.45, 2.75) is 45.9 Å². The number of para-hydroxylation sites is 1. The SMILES string of the molecule is CN(CC/C=C/C(=O)N1CCn2c(C(=O)Nc3ccccc3Cl)cnc2C1)C(=O)OC(C)(C)C. The minimum atomic E-state index is -0.549. The molecule has 3 amide bonds. The zero-order chi connectivity index (χ0) is 24.9. The van der Waals surface area contributed by atoms with Crippen molar-refractivity contribution in [2.24, 2.45) is 0 Å². The van der Waals surface area contributed by atoms with Crippen LogP contribution in [0.3, 0.4) is 0 Å². The number of amides is 3. The first-order chi connectivity index (χ1) is 16.0. The van der Waals surface area contributed by atoms with Crippen molar-refractivity contribution in [3.63, 3.8) is 0 Å². The van der Waals surface area contributed by atoms with Crippen LogP contribution in [-0.4, -0.2) is 63.0 Å². The van der Waals surface area contributed by atoms with Crippen molar-refractivity contribution >= 4 is 35.2 Å². The number of nitrogens with zero attached hydrogens (tertiary/aromatic N) is 4. The van der Waals surface area contributed by atoms with Gasteiger partial charge in [0.25, 0.3) is 5.91 Å². The van der Waals surface area contributed by atoms with Gasteiger partial charge >= 0.3 is 6.09 Å². The maximum Gasteiger partial charge on any atom is 0.410 e. The Kier molecular flexibility index (Phi) is 7.98. The third-order valence-corrected chi connectivity index (χ3v) is 5.46. The second-order valence-electron chi connectivity index (χ2n) is 9.00. The molecule has 1 aromatic carbocycles. The third kappa shape index (κ3) is 6.60. The second-order valence-corrected chi connectivity index (χ2v) is 9.41. The fraction of sp³-hybridized carbons (Fsp3) is 0.417. The number of anilines is 1. The van der Waals surface area contributed by atoms with E-state index in [1.165, 1.54) is 17.2 Å². The Labute approximate surface area is 204 Å². The zero-order valence-corrected chi connectivity index (χ0v) is 20.6. The Morgan fingerprint density at radius 2 is 1.97 bits per heavy atom. The molecule has 0 spiro atoms. The Hall–Kier alpha value is -3.33. The number of imidazole rings is 1. The predicted octanol–water partition coefficient (Wildman–Crippen LogP) is 3.94. The van der Waals surface area contributed by atoms with E-state index in [0.29, 0.717) is 54.8 Å². The van der Waals surface area contributed by atoms with Crippen LogP contribution >= 0.6 is 11.6 Å². The smallest absolute Gasteiger partial charge is 0.410 e. The lowest BCUT2D eigenvalue weighted by atomic mass is 10.2. The summed E-state index contributed by atoms with van der Waals surface area (Å²) in [6.07, 6.45) is 4.89. The summed E-state index contributed by atoms with van der Waals surface area (Å²) in [6, 6.07) is 7.01. The molecule has 0 radical (unpaired) electrons. The maximum absolute atomic E-state index is 12.7. The number of fused-ring (bicyclic) bond motifs is 1. The minimum absolute atomic E-state index is 0.142. The van der Waals surface area contributed by atoms with Gasteiger partial charge in [0, 0.05) is 26.7 Å².